The van der Waals surface area contributed by atoms with Crippen molar-refractivity contribution in [3.63, 3.8) is 0 Å². The van der Waals surface area contributed by atoms with Crippen LogP contribution in [0.4, 0.5) is 5.69 Å². The number of amides is 2. The number of hydrogen-bond donors (Lipinski definition) is 3. The third-order valence-electron chi connectivity index (χ3n) is 6.80. The summed E-state index contributed by atoms with van der Waals surface area (Å²) in [6.45, 7) is 0. The SMILES string of the molecule is COc1ccc(NC(=O)/C=C/C=C/C=C/[C@@]2(O)C=C(NC(=O)/C=C/C=C/C3CCCCC3)C(=O)[C@@H]3O[C@@H]32)cc1. The van der Waals surface area contributed by atoms with Crippen LogP contribution in [0.1, 0.15) is 32.1 Å². The molecule has 0 spiro atoms. The number of methoxy groups -OCH3 is 1. The predicted molar refractivity (Wildman–Crippen MR) is 149 cm³/mol. The molecule has 39 heavy (non-hydrogen) atoms. The Labute approximate surface area is 228 Å². The van der Waals surface area contributed by atoms with Gasteiger partial charge in [0.25, 0.3) is 0 Å². The predicted octanol–water partition coefficient (Wildman–Crippen LogP) is 4.08. The third kappa shape index (κ3) is 7.99. The maximum absolute atomic E-state index is 12.5. The second-order valence-electron chi connectivity index (χ2n) is 9.74. The summed E-state index contributed by atoms with van der Waals surface area (Å²) in [6.07, 6.45) is 22.2. The molecule has 3 atom stereocenters. The first-order chi connectivity index (χ1) is 18.9. The molecule has 3 N–H and O–H groups in total. The van der Waals surface area contributed by atoms with Gasteiger partial charge in [-0.2, -0.15) is 0 Å². The average Bonchev–Trinajstić information content (AvgIpc) is 3.75. The van der Waals surface area contributed by atoms with Crippen molar-refractivity contribution in [2.24, 2.45) is 5.92 Å². The number of rotatable bonds is 10. The van der Waals surface area contributed by atoms with Crippen LogP contribution >= 0.6 is 0 Å². The van der Waals surface area contributed by atoms with Gasteiger partial charge in [0, 0.05) is 17.8 Å². The molecule has 0 radical (unpaired) electrons. The van der Waals surface area contributed by atoms with Crippen molar-refractivity contribution in [1.82, 2.24) is 5.32 Å². The summed E-state index contributed by atoms with van der Waals surface area (Å²) in [4.78, 5) is 36.9. The van der Waals surface area contributed by atoms with Gasteiger partial charge >= 0.3 is 0 Å². The van der Waals surface area contributed by atoms with E-state index in [9.17, 15) is 19.5 Å². The quantitative estimate of drug-likeness (QED) is 0.238. The summed E-state index contributed by atoms with van der Waals surface area (Å²) in [5, 5.41) is 16.3. The monoisotopic (exact) mass is 530 g/mol. The normalized spacial score (nSPS) is 25.5. The fraction of sp³-hybridized carbons (Fsp3) is 0.323. The lowest BCUT2D eigenvalue weighted by atomic mass is 9.88. The molecule has 0 bridgehead atoms. The molecule has 2 amide bonds. The van der Waals surface area contributed by atoms with Crippen LogP contribution in [0.3, 0.4) is 0 Å². The fourth-order valence-electron chi connectivity index (χ4n) is 4.65. The lowest BCUT2D eigenvalue weighted by Crippen LogP contribution is -2.42. The van der Waals surface area contributed by atoms with E-state index in [2.05, 4.69) is 16.7 Å². The van der Waals surface area contributed by atoms with Crippen molar-refractivity contribution < 1.29 is 29.0 Å². The van der Waals surface area contributed by atoms with Crippen LogP contribution in [0.15, 0.2) is 96.8 Å². The number of anilines is 1. The molecule has 1 saturated carbocycles. The Hall–Kier alpha value is -4.01. The van der Waals surface area contributed by atoms with Gasteiger partial charge < -0.3 is 25.2 Å². The zero-order chi connectivity index (χ0) is 27.7. The summed E-state index contributed by atoms with van der Waals surface area (Å²) >= 11 is 0. The van der Waals surface area contributed by atoms with Crippen molar-refractivity contribution in [1.29, 1.82) is 0 Å². The van der Waals surface area contributed by atoms with Gasteiger partial charge in [-0.3, -0.25) is 14.4 Å². The number of ether oxygens (including phenoxy) is 2. The Balaban J connectivity index is 1.28. The summed E-state index contributed by atoms with van der Waals surface area (Å²) in [5.41, 5.74) is -0.902. The van der Waals surface area contributed by atoms with Crippen LogP contribution in [0.2, 0.25) is 0 Å². The summed E-state index contributed by atoms with van der Waals surface area (Å²) in [5.74, 6) is 0.143. The van der Waals surface area contributed by atoms with Crippen molar-refractivity contribution in [3.05, 3.63) is 96.8 Å². The van der Waals surface area contributed by atoms with E-state index in [0.29, 0.717) is 17.4 Å². The highest BCUT2D eigenvalue weighted by molar-refractivity contribution is 6.06. The van der Waals surface area contributed by atoms with E-state index in [1.54, 1.807) is 61.8 Å². The van der Waals surface area contributed by atoms with Crippen LogP contribution in [0.25, 0.3) is 0 Å². The van der Waals surface area contributed by atoms with E-state index in [-0.39, 0.29) is 17.4 Å². The fourth-order valence-corrected chi connectivity index (χ4v) is 4.65. The molecule has 1 aromatic carbocycles. The highest BCUT2D eigenvalue weighted by Gasteiger charge is 2.59. The molecule has 0 aromatic heterocycles. The Morgan fingerprint density at radius 3 is 2.33 bits per heavy atom. The lowest BCUT2D eigenvalue weighted by molar-refractivity contribution is -0.121. The van der Waals surface area contributed by atoms with Crippen molar-refractivity contribution in [3.8, 4) is 5.75 Å². The third-order valence-corrected chi connectivity index (χ3v) is 6.80. The van der Waals surface area contributed by atoms with Crippen LogP contribution in [-0.2, 0) is 19.1 Å². The van der Waals surface area contributed by atoms with E-state index in [4.69, 9.17) is 9.47 Å². The maximum atomic E-state index is 12.5. The minimum absolute atomic E-state index is 0.00545. The number of benzene rings is 1. The standard InChI is InChI=1S/C31H34N2O6/c1-38-24-18-16-23(17-19-24)32-26(34)14-7-2-3-10-20-31(37)21-25(28(36)29-30(31)39-29)33-27(35)15-9-8-13-22-11-5-4-6-12-22/h2-3,7-10,13-22,29-30,37H,4-6,11-12H2,1H3,(H,32,34)(H,33,35)/b3-2+,13-8+,14-7+,15-9+,20-10+/t29-,30-,31+/m0/s1. The summed E-state index contributed by atoms with van der Waals surface area (Å²) < 4.78 is 10.5. The van der Waals surface area contributed by atoms with Crippen LogP contribution in [0, 0.1) is 5.92 Å². The van der Waals surface area contributed by atoms with E-state index < -0.39 is 23.7 Å². The van der Waals surface area contributed by atoms with Crippen LogP contribution < -0.4 is 15.4 Å². The van der Waals surface area contributed by atoms with E-state index in [1.807, 2.05) is 6.08 Å². The smallest absolute Gasteiger partial charge is 0.248 e. The van der Waals surface area contributed by atoms with Gasteiger partial charge in [-0.05, 0) is 55.2 Å². The van der Waals surface area contributed by atoms with E-state index in [1.165, 1.54) is 56.4 Å². The largest absolute Gasteiger partial charge is 0.497 e. The highest BCUT2D eigenvalue weighted by Crippen LogP contribution is 2.40. The summed E-state index contributed by atoms with van der Waals surface area (Å²) in [7, 11) is 1.57. The minimum atomic E-state index is -1.55. The number of epoxide rings is 1. The van der Waals surface area contributed by atoms with Crippen molar-refractivity contribution in [2.45, 2.75) is 49.9 Å². The number of aliphatic hydroxyl groups is 1. The van der Waals surface area contributed by atoms with E-state index >= 15 is 0 Å². The van der Waals surface area contributed by atoms with Crippen molar-refractivity contribution >= 4 is 23.3 Å². The van der Waals surface area contributed by atoms with Crippen LogP contribution in [0.5, 0.6) is 5.75 Å². The molecule has 204 valence electrons. The Morgan fingerprint density at radius 1 is 0.949 bits per heavy atom. The number of nitrogens with one attached hydrogen (secondary N) is 2. The van der Waals surface area contributed by atoms with Gasteiger partial charge in [-0.25, -0.2) is 0 Å². The molecular formula is C31H34N2O6. The number of allylic oxidation sites excluding steroid dienone is 7. The number of hydrogen-bond acceptors (Lipinski definition) is 6. The molecule has 8 nitrogen and oxygen atoms in total. The zero-order valence-electron chi connectivity index (χ0n) is 21.9. The molecule has 1 aliphatic heterocycles. The Kier molecular flexibility index (Phi) is 9.46. The molecule has 0 unspecified atom stereocenters. The van der Waals surface area contributed by atoms with Gasteiger partial charge in [0.15, 0.2) is 6.10 Å². The number of carbonyl (C=O) groups excluding carboxylic acids is 3. The number of fused-ring (bicyclic) bond motifs is 1. The molecular weight excluding hydrogens is 496 g/mol. The summed E-state index contributed by atoms with van der Waals surface area (Å²) in [6, 6.07) is 6.98. The van der Waals surface area contributed by atoms with E-state index in [0.717, 1.165) is 0 Å². The second kappa shape index (κ2) is 13.2. The number of ketones is 1. The van der Waals surface area contributed by atoms with Gasteiger partial charge in [0.1, 0.15) is 17.5 Å². The molecule has 8 heteroatoms. The van der Waals surface area contributed by atoms with Gasteiger partial charge in [-0.1, -0.05) is 61.8 Å². The lowest BCUT2D eigenvalue weighted by Gasteiger charge is -2.23. The Bertz CT molecular complexity index is 1230. The number of carbonyl (C=O) groups is 3. The van der Waals surface area contributed by atoms with Gasteiger partial charge in [-0.15, -0.1) is 0 Å². The second-order valence-corrected chi connectivity index (χ2v) is 9.74. The number of Topliss-reactive ketones (excluding diaryl/α,β-unsaturated/α-hetero) is 1. The molecule has 1 aromatic rings. The molecule has 3 aliphatic rings. The molecule has 1 saturated heterocycles. The Morgan fingerprint density at radius 2 is 1.62 bits per heavy atom. The molecule has 2 fully saturated rings. The first-order valence-corrected chi connectivity index (χ1v) is 13.2. The topological polar surface area (TPSA) is 117 Å². The first-order valence-electron chi connectivity index (χ1n) is 13.2. The first kappa shape index (κ1) is 28.0. The minimum Gasteiger partial charge on any atom is -0.497 e. The average molecular weight is 531 g/mol. The molecule has 2 aliphatic carbocycles. The maximum Gasteiger partial charge on any atom is 0.248 e. The molecule has 4 rings (SSSR count). The van der Waals surface area contributed by atoms with Gasteiger partial charge in [0.05, 0.1) is 12.8 Å². The molecule has 1 heterocycles. The van der Waals surface area contributed by atoms with Crippen LogP contribution in [-0.4, -0.2) is 47.6 Å². The highest BCUT2D eigenvalue weighted by atomic mass is 16.6. The van der Waals surface area contributed by atoms with Crippen molar-refractivity contribution in [2.75, 3.05) is 12.4 Å². The zero-order valence-corrected chi connectivity index (χ0v) is 21.9. The van der Waals surface area contributed by atoms with Gasteiger partial charge in [0.2, 0.25) is 17.6 Å².